The molecule has 0 bridgehead atoms. The number of rotatable bonds is 6. The fourth-order valence-electron chi connectivity index (χ4n) is 2.03. The predicted molar refractivity (Wildman–Crippen MR) is 90.2 cm³/mol. The lowest BCUT2D eigenvalue weighted by molar-refractivity contribution is -0.145. The van der Waals surface area contributed by atoms with Gasteiger partial charge in [0.1, 0.15) is 17.9 Å². The predicted octanol–water partition coefficient (Wildman–Crippen LogP) is 1.75. The number of hydrogen-bond donors (Lipinski definition) is 4. The summed E-state index contributed by atoms with van der Waals surface area (Å²) in [5.41, 5.74) is -1.69. The van der Waals surface area contributed by atoms with E-state index in [9.17, 15) is 19.8 Å². The normalized spacial score (nSPS) is 15.7. The number of amides is 2. The maximum atomic E-state index is 12.3. The second-order valence-corrected chi connectivity index (χ2v) is 9.13. The maximum absolute atomic E-state index is 12.3. The molecule has 6 heteroatoms. The molecular weight excluding hydrogens is 296 g/mol. The summed E-state index contributed by atoms with van der Waals surface area (Å²) in [6.07, 6.45) is -1.28. The van der Waals surface area contributed by atoms with E-state index in [1.807, 2.05) is 41.5 Å². The quantitative estimate of drug-likeness (QED) is 0.440. The zero-order valence-electron chi connectivity index (χ0n) is 15.8. The Hall–Kier alpha value is -1.14. The van der Waals surface area contributed by atoms with Crippen molar-refractivity contribution >= 4 is 11.8 Å². The minimum absolute atomic E-state index is 0.151. The van der Waals surface area contributed by atoms with Crippen molar-refractivity contribution in [3.05, 3.63) is 0 Å². The Morgan fingerprint density at radius 2 is 1.00 bits per heavy atom. The zero-order valence-corrected chi connectivity index (χ0v) is 15.8. The molecule has 0 aromatic heterocycles. The van der Waals surface area contributed by atoms with Crippen LogP contribution in [0.15, 0.2) is 0 Å². The van der Waals surface area contributed by atoms with Gasteiger partial charge in [-0.05, 0) is 37.5 Å². The van der Waals surface area contributed by atoms with Crippen molar-refractivity contribution in [1.82, 2.24) is 10.6 Å². The average Bonchev–Trinajstić information content (AvgIpc) is 2.22. The van der Waals surface area contributed by atoms with Crippen LogP contribution in [0.2, 0.25) is 0 Å². The van der Waals surface area contributed by atoms with Gasteiger partial charge in [-0.15, -0.1) is 0 Å². The van der Waals surface area contributed by atoms with Crippen LogP contribution in [-0.2, 0) is 9.59 Å². The highest BCUT2D eigenvalue weighted by molar-refractivity contribution is 6.04. The third-order valence-corrected chi connectivity index (χ3v) is 3.34. The lowest BCUT2D eigenvalue weighted by atomic mass is 9.88. The zero-order chi connectivity index (χ0) is 18.6. The van der Waals surface area contributed by atoms with Gasteiger partial charge < -0.3 is 20.8 Å². The van der Waals surface area contributed by atoms with Gasteiger partial charge in [-0.3, -0.25) is 9.59 Å². The van der Waals surface area contributed by atoms with Gasteiger partial charge in [0.15, 0.2) is 0 Å². The van der Waals surface area contributed by atoms with E-state index in [-0.39, 0.29) is 10.8 Å². The number of carbonyl (C=O) groups excluding carboxylic acids is 2. The second-order valence-electron chi connectivity index (χ2n) is 9.13. The Kier molecular flexibility index (Phi) is 7.24. The summed E-state index contributed by atoms with van der Waals surface area (Å²) in [5.74, 6) is -1.15. The molecule has 0 aliphatic rings. The monoisotopic (exact) mass is 330 g/mol. The molecule has 4 N–H and O–H groups in total. The summed E-state index contributed by atoms with van der Waals surface area (Å²) in [6, 6.07) is 0. The molecule has 0 aromatic carbocycles. The second kappa shape index (κ2) is 7.62. The van der Waals surface area contributed by atoms with Crippen LogP contribution in [0.4, 0.5) is 0 Å². The first-order valence-electron chi connectivity index (χ1n) is 8.03. The van der Waals surface area contributed by atoms with Crippen LogP contribution in [0, 0.1) is 16.2 Å². The van der Waals surface area contributed by atoms with E-state index >= 15 is 0 Å². The number of aliphatic hydroxyl groups excluding tert-OH is 2. The third kappa shape index (κ3) is 8.91. The van der Waals surface area contributed by atoms with Crippen molar-refractivity contribution in [3.8, 4) is 0 Å². The number of nitrogens with one attached hydrogen (secondary N) is 2. The number of hydrogen-bond acceptors (Lipinski definition) is 4. The molecule has 0 heterocycles. The highest BCUT2D eigenvalue weighted by atomic mass is 16.3. The van der Waals surface area contributed by atoms with E-state index in [4.69, 9.17) is 0 Å². The summed E-state index contributed by atoms with van der Waals surface area (Å²) in [7, 11) is 0. The minimum atomic E-state index is -1.39. The van der Waals surface area contributed by atoms with Gasteiger partial charge in [-0.1, -0.05) is 41.5 Å². The molecule has 0 aromatic rings. The molecule has 23 heavy (non-hydrogen) atoms. The topological polar surface area (TPSA) is 98.7 Å². The summed E-state index contributed by atoms with van der Waals surface area (Å²) >= 11 is 0. The van der Waals surface area contributed by atoms with Crippen LogP contribution in [0.25, 0.3) is 0 Å². The van der Waals surface area contributed by atoms with Crippen molar-refractivity contribution in [1.29, 1.82) is 0 Å². The number of aliphatic hydroxyl groups is 2. The van der Waals surface area contributed by atoms with Crippen LogP contribution in [0.1, 0.15) is 68.2 Å². The molecule has 0 aliphatic heterocycles. The third-order valence-electron chi connectivity index (χ3n) is 3.34. The molecule has 6 nitrogen and oxygen atoms in total. The molecule has 0 aliphatic carbocycles. The summed E-state index contributed by atoms with van der Waals surface area (Å²) in [6.45, 7) is 14.6. The van der Waals surface area contributed by atoms with E-state index in [0.717, 1.165) is 0 Å². The van der Waals surface area contributed by atoms with Crippen molar-refractivity contribution in [2.75, 3.05) is 0 Å². The van der Waals surface area contributed by atoms with E-state index < -0.39 is 29.7 Å². The van der Waals surface area contributed by atoms with Gasteiger partial charge in [0.25, 0.3) is 0 Å². The molecule has 0 spiro atoms. The molecule has 0 unspecified atom stereocenters. The fourth-order valence-corrected chi connectivity index (χ4v) is 2.03. The standard InChI is InChI=1S/C17H34N2O4/c1-15(2,3)9-11(20)18-13(22)17(7,8)14(23)19-12(21)10-16(4,5)6/h11-12,20-21H,9-10H2,1-8H3,(H,18,22)(H,19,23)/t11-,12-/m1/s1. The van der Waals surface area contributed by atoms with Gasteiger partial charge in [0, 0.05) is 0 Å². The Morgan fingerprint density at radius 1 is 0.739 bits per heavy atom. The Balaban J connectivity index is 4.70. The molecule has 2 amide bonds. The minimum Gasteiger partial charge on any atom is -0.374 e. The SMILES string of the molecule is CC(C)(C)C[C@@H](O)NC(=O)C(C)(C)C(=O)N[C@H](O)CC(C)(C)C. The van der Waals surface area contributed by atoms with E-state index in [0.29, 0.717) is 12.8 Å². The van der Waals surface area contributed by atoms with Crippen molar-refractivity contribution in [2.45, 2.75) is 80.7 Å². The highest BCUT2D eigenvalue weighted by Gasteiger charge is 2.38. The first-order chi connectivity index (χ1) is 10.0. The first kappa shape index (κ1) is 21.9. The molecule has 0 rings (SSSR count). The van der Waals surface area contributed by atoms with Gasteiger partial charge in [0.05, 0.1) is 0 Å². The molecule has 0 saturated heterocycles. The van der Waals surface area contributed by atoms with Crippen LogP contribution in [0.5, 0.6) is 0 Å². The molecule has 0 fully saturated rings. The molecular formula is C17H34N2O4. The molecule has 0 radical (unpaired) electrons. The van der Waals surface area contributed by atoms with Crippen molar-refractivity contribution in [3.63, 3.8) is 0 Å². The summed E-state index contributed by atoms with van der Waals surface area (Å²) in [4.78, 5) is 24.5. The summed E-state index contributed by atoms with van der Waals surface area (Å²) < 4.78 is 0. The molecule has 136 valence electrons. The molecule has 0 saturated carbocycles. The largest absolute Gasteiger partial charge is 0.374 e. The summed E-state index contributed by atoms with van der Waals surface area (Å²) in [5, 5.41) is 24.8. The van der Waals surface area contributed by atoms with Gasteiger partial charge in [0.2, 0.25) is 11.8 Å². The lowest BCUT2D eigenvalue weighted by Crippen LogP contribution is -2.53. The molecule has 2 atom stereocenters. The van der Waals surface area contributed by atoms with Crippen LogP contribution < -0.4 is 10.6 Å². The van der Waals surface area contributed by atoms with Gasteiger partial charge in [-0.25, -0.2) is 0 Å². The Bertz CT molecular complexity index is 381. The van der Waals surface area contributed by atoms with Crippen LogP contribution in [-0.4, -0.2) is 34.5 Å². The van der Waals surface area contributed by atoms with Crippen molar-refractivity contribution < 1.29 is 19.8 Å². The van der Waals surface area contributed by atoms with E-state index in [2.05, 4.69) is 10.6 Å². The van der Waals surface area contributed by atoms with E-state index in [1.165, 1.54) is 13.8 Å². The van der Waals surface area contributed by atoms with Gasteiger partial charge in [-0.2, -0.15) is 0 Å². The number of carbonyl (C=O) groups is 2. The maximum Gasteiger partial charge on any atom is 0.237 e. The fraction of sp³-hybridized carbons (Fsp3) is 0.882. The average molecular weight is 330 g/mol. The van der Waals surface area contributed by atoms with Crippen molar-refractivity contribution in [2.24, 2.45) is 16.2 Å². The van der Waals surface area contributed by atoms with Crippen LogP contribution >= 0.6 is 0 Å². The lowest BCUT2D eigenvalue weighted by Gasteiger charge is -2.29. The Morgan fingerprint density at radius 3 is 1.22 bits per heavy atom. The Labute approximate surface area is 140 Å². The van der Waals surface area contributed by atoms with E-state index in [1.54, 1.807) is 0 Å². The highest BCUT2D eigenvalue weighted by Crippen LogP contribution is 2.23. The van der Waals surface area contributed by atoms with Crippen LogP contribution in [0.3, 0.4) is 0 Å². The van der Waals surface area contributed by atoms with Gasteiger partial charge >= 0.3 is 0 Å². The first-order valence-corrected chi connectivity index (χ1v) is 8.03. The smallest absolute Gasteiger partial charge is 0.237 e.